The number of hydrogen-bond donors (Lipinski definition) is 1. The normalized spacial score (nSPS) is 10.9. The average Bonchev–Trinajstić information content (AvgIpc) is 2.88. The number of aromatic amines is 1. The van der Waals surface area contributed by atoms with E-state index < -0.39 is 17.4 Å². The summed E-state index contributed by atoms with van der Waals surface area (Å²) in [6.07, 6.45) is 1.80. The number of rotatable bonds is 3. The molecule has 0 aliphatic heterocycles. The van der Waals surface area contributed by atoms with Crippen molar-refractivity contribution in [3.8, 4) is 11.5 Å². The molecule has 1 aromatic heterocycles. The van der Waals surface area contributed by atoms with E-state index in [0.717, 1.165) is 0 Å². The van der Waals surface area contributed by atoms with Crippen molar-refractivity contribution in [1.82, 2.24) is 9.97 Å². The maximum Gasteiger partial charge on any atom is 0.201 e. The van der Waals surface area contributed by atoms with E-state index in [-0.39, 0.29) is 5.52 Å². The SMILES string of the molecule is CSc1nc2c(F)c(Oc3ccccc3)c(F)cc2[nH]1. The summed E-state index contributed by atoms with van der Waals surface area (Å²) in [5.41, 5.74) is 0.381. The molecule has 0 radical (unpaired) electrons. The van der Waals surface area contributed by atoms with Crippen molar-refractivity contribution >= 4 is 22.8 Å². The van der Waals surface area contributed by atoms with Gasteiger partial charge in [-0.3, -0.25) is 0 Å². The molecule has 1 heterocycles. The zero-order valence-corrected chi connectivity index (χ0v) is 11.3. The molecule has 0 aliphatic carbocycles. The van der Waals surface area contributed by atoms with Gasteiger partial charge in [0.2, 0.25) is 5.75 Å². The predicted octanol–water partition coefficient (Wildman–Crippen LogP) is 4.36. The number of para-hydroxylation sites is 1. The zero-order chi connectivity index (χ0) is 14.1. The Labute approximate surface area is 118 Å². The van der Waals surface area contributed by atoms with Crippen molar-refractivity contribution in [2.75, 3.05) is 6.26 Å². The lowest BCUT2D eigenvalue weighted by Gasteiger charge is -2.07. The fourth-order valence-corrected chi connectivity index (χ4v) is 2.23. The summed E-state index contributed by atoms with van der Waals surface area (Å²) in [5.74, 6) is -1.65. The van der Waals surface area contributed by atoms with Crippen LogP contribution in [0.5, 0.6) is 11.5 Å². The van der Waals surface area contributed by atoms with Crippen LogP contribution in [0.1, 0.15) is 0 Å². The van der Waals surface area contributed by atoms with Gasteiger partial charge in [-0.25, -0.2) is 13.8 Å². The van der Waals surface area contributed by atoms with Gasteiger partial charge in [-0.2, -0.15) is 0 Å². The van der Waals surface area contributed by atoms with Crippen LogP contribution in [0.3, 0.4) is 0 Å². The maximum atomic E-state index is 14.3. The van der Waals surface area contributed by atoms with Gasteiger partial charge in [-0.05, 0) is 18.4 Å². The quantitative estimate of drug-likeness (QED) is 0.729. The number of nitrogens with zero attached hydrogens (tertiary/aromatic N) is 1. The minimum Gasteiger partial charge on any atom is -0.451 e. The number of fused-ring (bicyclic) bond motifs is 1. The Kier molecular flexibility index (Phi) is 3.31. The van der Waals surface area contributed by atoms with E-state index >= 15 is 0 Å². The molecule has 3 aromatic rings. The van der Waals surface area contributed by atoms with Crippen LogP contribution in [0.4, 0.5) is 8.78 Å². The van der Waals surface area contributed by atoms with Crippen LogP contribution in [0, 0.1) is 11.6 Å². The minimum absolute atomic E-state index is 0.0710. The topological polar surface area (TPSA) is 37.9 Å². The average molecular weight is 292 g/mol. The lowest BCUT2D eigenvalue weighted by molar-refractivity contribution is 0.410. The Morgan fingerprint density at radius 1 is 1.20 bits per heavy atom. The summed E-state index contributed by atoms with van der Waals surface area (Å²) in [6, 6.07) is 9.68. The van der Waals surface area contributed by atoms with E-state index in [1.54, 1.807) is 36.6 Å². The molecule has 0 saturated carbocycles. The van der Waals surface area contributed by atoms with E-state index in [9.17, 15) is 8.78 Å². The molecule has 0 saturated heterocycles. The van der Waals surface area contributed by atoms with E-state index in [0.29, 0.717) is 16.4 Å². The number of halogens is 2. The number of imidazole rings is 1. The van der Waals surface area contributed by atoms with Crippen LogP contribution in [-0.2, 0) is 0 Å². The predicted molar refractivity (Wildman–Crippen MR) is 74.3 cm³/mol. The molecule has 0 amide bonds. The van der Waals surface area contributed by atoms with E-state index in [1.165, 1.54) is 17.8 Å². The van der Waals surface area contributed by atoms with E-state index in [2.05, 4.69) is 9.97 Å². The summed E-state index contributed by atoms with van der Waals surface area (Å²) >= 11 is 1.32. The molecule has 102 valence electrons. The zero-order valence-electron chi connectivity index (χ0n) is 10.5. The van der Waals surface area contributed by atoms with Gasteiger partial charge in [0, 0.05) is 6.07 Å². The number of benzene rings is 2. The Morgan fingerprint density at radius 3 is 2.65 bits per heavy atom. The number of hydrogen-bond acceptors (Lipinski definition) is 3. The lowest BCUT2D eigenvalue weighted by Crippen LogP contribution is -1.94. The van der Waals surface area contributed by atoms with Gasteiger partial charge in [-0.15, -0.1) is 0 Å². The van der Waals surface area contributed by atoms with Crippen LogP contribution < -0.4 is 4.74 Å². The summed E-state index contributed by atoms with van der Waals surface area (Å²) in [5, 5.41) is 0.523. The molecule has 0 unspecified atom stereocenters. The Hall–Kier alpha value is -2.08. The van der Waals surface area contributed by atoms with Crippen LogP contribution in [0.15, 0.2) is 41.6 Å². The van der Waals surface area contributed by atoms with Crippen molar-refractivity contribution in [2.45, 2.75) is 5.16 Å². The first kappa shape index (κ1) is 12.9. The Morgan fingerprint density at radius 2 is 1.95 bits per heavy atom. The van der Waals surface area contributed by atoms with Crippen LogP contribution >= 0.6 is 11.8 Å². The molecule has 6 heteroatoms. The highest BCUT2D eigenvalue weighted by Crippen LogP contribution is 2.32. The summed E-state index contributed by atoms with van der Waals surface area (Å²) in [7, 11) is 0. The third-order valence-electron chi connectivity index (χ3n) is 2.76. The monoisotopic (exact) mass is 292 g/mol. The number of aromatic nitrogens is 2. The minimum atomic E-state index is -0.805. The molecule has 0 bridgehead atoms. The second-order valence-electron chi connectivity index (χ2n) is 4.06. The Balaban J connectivity index is 2.10. The molecule has 0 spiro atoms. The molecule has 0 atom stereocenters. The van der Waals surface area contributed by atoms with E-state index in [1.807, 2.05) is 0 Å². The van der Waals surface area contributed by atoms with Gasteiger partial charge < -0.3 is 9.72 Å². The van der Waals surface area contributed by atoms with Crippen LogP contribution in [0.25, 0.3) is 11.0 Å². The van der Waals surface area contributed by atoms with Gasteiger partial charge in [-0.1, -0.05) is 30.0 Å². The van der Waals surface area contributed by atoms with Gasteiger partial charge in [0.25, 0.3) is 0 Å². The second kappa shape index (κ2) is 5.13. The second-order valence-corrected chi connectivity index (χ2v) is 4.85. The largest absolute Gasteiger partial charge is 0.451 e. The fourth-order valence-electron chi connectivity index (χ4n) is 1.84. The number of ether oxygens (including phenoxy) is 1. The fraction of sp³-hybridized carbons (Fsp3) is 0.0714. The third kappa shape index (κ3) is 2.22. The van der Waals surface area contributed by atoms with Crippen molar-refractivity contribution in [3.63, 3.8) is 0 Å². The molecule has 20 heavy (non-hydrogen) atoms. The van der Waals surface area contributed by atoms with Crippen molar-refractivity contribution < 1.29 is 13.5 Å². The van der Waals surface area contributed by atoms with Gasteiger partial charge in [0.15, 0.2) is 16.8 Å². The molecule has 3 nitrogen and oxygen atoms in total. The van der Waals surface area contributed by atoms with E-state index in [4.69, 9.17) is 4.74 Å². The first-order chi connectivity index (χ1) is 9.69. The molecule has 2 aromatic carbocycles. The molecular formula is C14H10F2N2OS. The van der Waals surface area contributed by atoms with Gasteiger partial charge in [0.05, 0.1) is 5.52 Å². The first-order valence-electron chi connectivity index (χ1n) is 5.83. The highest BCUT2D eigenvalue weighted by atomic mass is 32.2. The van der Waals surface area contributed by atoms with Crippen LogP contribution in [-0.4, -0.2) is 16.2 Å². The number of nitrogens with one attached hydrogen (secondary N) is 1. The van der Waals surface area contributed by atoms with Gasteiger partial charge in [0.1, 0.15) is 11.3 Å². The molecule has 3 rings (SSSR count). The first-order valence-corrected chi connectivity index (χ1v) is 7.06. The smallest absolute Gasteiger partial charge is 0.201 e. The molecule has 1 N–H and O–H groups in total. The van der Waals surface area contributed by atoms with Crippen molar-refractivity contribution in [3.05, 3.63) is 48.0 Å². The Bertz CT molecular complexity index is 759. The highest BCUT2D eigenvalue weighted by molar-refractivity contribution is 7.98. The lowest BCUT2D eigenvalue weighted by atomic mass is 10.2. The summed E-state index contributed by atoms with van der Waals surface area (Å²) < 4.78 is 33.5. The van der Waals surface area contributed by atoms with Crippen molar-refractivity contribution in [1.29, 1.82) is 0 Å². The third-order valence-corrected chi connectivity index (χ3v) is 3.34. The standard InChI is InChI=1S/C14H10F2N2OS/c1-20-14-17-10-7-9(15)13(11(16)12(10)18-14)19-8-5-3-2-4-6-8/h2-7H,1H3,(H,17,18). The summed E-state index contributed by atoms with van der Waals surface area (Å²) in [6.45, 7) is 0. The molecule has 0 fully saturated rings. The highest BCUT2D eigenvalue weighted by Gasteiger charge is 2.19. The van der Waals surface area contributed by atoms with Crippen LogP contribution in [0.2, 0.25) is 0 Å². The number of thioether (sulfide) groups is 1. The summed E-state index contributed by atoms with van der Waals surface area (Å²) in [4.78, 5) is 6.89. The molecule has 0 aliphatic rings. The number of H-pyrrole nitrogens is 1. The maximum absolute atomic E-state index is 14.3. The molecular weight excluding hydrogens is 282 g/mol. The van der Waals surface area contributed by atoms with Gasteiger partial charge >= 0.3 is 0 Å². The van der Waals surface area contributed by atoms with Crippen molar-refractivity contribution in [2.24, 2.45) is 0 Å².